The van der Waals surface area contributed by atoms with Crippen LogP contribution in [0.25, 0.3) is 0 Å². The Morgan fingerprint density at radius 1 is 0.810 bits per heavy atom. The van der Waals surface area contributed by atoms with Crippen LogP contribution in [0.5, 0.6) is 0 Å². The Kier molecular flexibility index (Phi) is 16.6. The molecule has 0 aromatic heterocycles. The molecule has 0 saturated carbocycles. The largest absolute Gasteiger partial charge is 0.481 e. The smallest absolute Gasteiger partial charge is 0.303 e. The van der Waals surface area contributed by atoms with E-state index >= 15 is 0 Å². The van der Waals surface area contributed by atoms with Gasteiger partial charge in [0.05, 0.1) is 0 Å². The van der Waals surface area contributed by atoms with E-state index < -0.39 is 5.97 Å². The van der Waals surface area contributed by atoms with Crippen molar-refractivity contribution in [3.05, 3.63) is 18.6 Å². The number of hydrogen-bond donors (Lipinski definition) is 1. The zero-order chi connectivity index (χ0) is 15.6. The molecule has 123 valence electrons. The van der Waals surface area contributed by atoms with Gasteiger partial charge in [0.2, 0.25) is 0 Å². The molecule has 0 saturated heterocycles. The third kappa shape index (κ3) is 19.2. The zero-order valence-electron chi connectivity index (χ0n) is 14.0. The highest BCUT2D eigenvalue weighted by Gasteiger charge is 1.94. The molecule has 1 N–H and O–H groups in total. The van der Waals surface area contributed by atoms with Crippen LogP contribution in [0.1, 0.15) is 96.8 Å². The summed E-state index contributed by atoms with van der Waals surface area (Å²) >= 11 is 0. The second-order valence-electron chi connectivity index (χ2n) is 5.92. The van der Waals surface area contributed by atoms with E-state index in [2.05, 4.69) is 19.1 Å². The molecular formula is C19H35O2. The van der Waals surface area contributed by atoms with Crippen LogP contribution in [-0.4, -0.2) is 11.1 Å². The van der Waals surface area contributed by atoms with E-state index in [1.54, 1.807) is 6.42 Å². The van der Waals surface area contributed by atoms with Crippen LogP contribution in [0.3, 0.4) is 0 Å². The predicted octanol–water partition coefficient (Wildman–Crippen LogP) is 6.31. The first kappa shape index (κ1) is 20.2. The van der Waals surface area contributed by atoms with Gasteiger partial charge in [-0.15, -0.1) is 0 Å². The number of carboxylic acids is 1. The minimum atomic E-state index is -0.742. The van der Waals surface area contributed by atoms with Crippen LogP contribution in [-0.2, 0) is 4.79 Å². The number of aliphatic carboxylic acids is 1. The molecule has 2 nitrogen and oxygen atoms in total. The Bertz CT molecular complexity index is 246. The van der Waals surface area contributed by atoms with Crippen molar-refractivity contribution in [2.24, 2.45) is 0 Å². The van der Waals surface area contributed by atoms with E-state index in [1.165, 1.54) is 70.6 Å². The highest BCUT2D eigenvalue weighted by molar-refractivity contribution is 5.67. The fraction of sp³-hybridized carbons (Fsp3) is 0.789. The number of carboxylic acid groups (broad SMARTS) is 1. The van der Waals surface area contributed by atoms with Crippen molar-refractivity contribution in [3.8, 4) is 0 Å². The first-order chi connectivity index (χ1) is 10.3. The molecule has 2 heteroatoms. The van der Waals surface area contributed by atoms with E-state index in [0.29, 0.717) is 0 Å². The van der Waals surface area contributed by atoms with Gasteiger partial charge in [0.25, 0.3) is 0 Å². The van der Waals surface area contributed by atoms with Gasteiger partial charge in [0.15, 0.2) is 0 Å². The number of unbranched alkanes of at least 4 members (excludes halogenated alkanes) is 12. The molecule has 1 radical (unpaired) electrons. The lowest BCUT2D eigenvalue weighted by Crippen LogP contribution is -1.93. The monoisotopic (exact) mass is 295 g/mol. The zero-order valence-corrected chi connectivity index (χ0v) is 14.0. The molecule has 0 aliphatic heterocycles. The summed E-state index contributed by atoms with van der Waals surface area (Å²) in [6.45, 7) is 2.27. The fourth-order valence-corrected chi connectivity index (χ4v) is 2.44. The molecule has 0 atom stereocenters. The molecule has 0 aliphatic carbocycles. The summed E-state index contributed by atoms with van der Waals surface area (Å²) < 4.78 is 0. The minimum Gasteiger partial charge on any atom is -0.481 e. The summed E-state index contributed by atoms with van der Waals surface area (Å²) in [5.41, 5.74) is 0. The van der Waals surface area contributed by atoms with Crippen molar-refractivity contribution in [2.75, 3.05) is 0 Å². The maximum absolute atomic E-state index is 10.3. The van der Waals surface area contributed by atoms with Gasteiger partial charge in [-0.25, -0.2) is 0 Å². The molecule has 0 aliphatic rings. The summed E-state index contributed by atoms with van der Waals surface area (Å²) in [6, 6.07) is 0. The molecule has 0 unspecified atom stereocenters. The van der Waals surface area contributed by atoms with Crippen LogP contribution < -0.4 is 0 Å². The quantitative estimate of drug-likeness (QED) is 0.267. The molecule has 0 aromatic rings. The summed E-state index contributed by atoms with van der Waals surface area (Å²) in [4.78, 5) is 10.3. The summed E-state index contributed by atoms with van der Waals surface area (Å²) in [6.07, 6.45) is 23.4. The van der Waals surface area contributed by atoms with Crippen molar-refractivity contribution < 1.29 is 9.90 Å². The highest BCUT2D eigenvalue weighted by Crippen LogP contribution is 2.12. The second-order valence-corrected chi connectivity index (χ2v) is 5.92. The van der Waals surface area contributed by atoms with E-state index in [1.807, 2.05) is 0 Å². The van der Waals surface area contributed by atoms with E-state index in [0.717, 1.165) is 12.8 Å². The number of rotatable bonds is 16. The Balaban J connectivity index is 3.05. The molecule has 0 heterocycles. The van der Waals surface area contributed by atoms with Crippen LogP contribution in [0.15, 0.2) is 12.2 Å². The van der Waals surface area contributed by atoms with Crippen LogP contribution in [0.4, 0.5) is 0 Å². The summed E-state index contributed by atoms with van der Waals surface area (Å²) in [5, 5.41) is 8.47. The Hall–Kier alpha value is -0.790. The lowest BCUT2D eigenvalue weighted by Gasteiger charge is -2.01. The molecule has 0 spiro atoms. The molecule has 0 rings (SSSR count). The Morgan fingerprint density at radius 2 is 1.33 bits per heavy atom. The van der Waals surface area contributed by atoms with Crippen molar-refractivity contribution in [1.29, 1.82) is 0 Å². The van der Waals surface area contributed by atoms with Gasteiger partial charge in [-0.05, 0) is 25.7 Å². The second kappa shape index (κ2) is 17.3. The van der Waals surface area contributed by atoms with Crippen molar-refractivity contribution in [1.82, 2.24) is 0 Å². The maximum atomic E-state index is 10.3. The van der Waals surface area contributed by atoms with Gasteiger partial charge in [-0.1, -0.05) is 83.3 Å². The SMILES string of the molecule is CCCCCCCCCCCCCC=CC[CH]CC(=O)O. The topological polar surface area (TPSA) is 37.3 Å². The van der Waals surface area contributed by atoms with Gasteiger partial charge >= 0.3 is 5.97 Å². The fourth-order valence-electron chi connectivity index (χ4n) is 2.44. The van der Waals surface area contributed by atoms with Gasteiger partial charge in [0, 0.05) is 6.42 Å². The highest BCUT2D eigenvalue weighted by atomic mass is 16.4. The predicted molar refractivity (Wildman–Crippen MR) is 91.4 cm³/mol. The van der Waals surface area contributed by atoms with E-state index in [9.17, 15) is 4.79 Å². The van der Waals surface area contributed by atoms with Crippen molar-refractivity contribution in [3.63, 3.8) is 0 Å². The molecule has 0 fully saturated rings. The third-order valence-electron chi connectivity index (χ3n) is 3.76. The number of allylic oxidation sites excluding steroid dienone is 2. The van der Waals surface area contributed by atoms with Crippen LogP contribution in [0, 0.1) is 6.42 Å². The van der Waals surface area contributed by atoms with Crippen LogP contribution in [0.2, 0.25) is 0 Å². The molecule has 0 amide bonds. The van der Waals surface area contributed by atoms with Gasteiger partial charge in [-0.2, -0.15) is 0 Å². The van der Waals surface area contributed by atoms with Gasteiger partial charge in [-0.3, -0.25) is 4.79 Å². The van der Waals surface area contributed by atoms with Gasteiger partial charge in [0.1, 0.15) is 0 Å². The van der Waals surface area contributed by atoms with Crippen molar-refractivity contribution >= 4 is 5.97 Å². The first-order valence-corrected chi connectivity index (χ1v) is 8.95. The standard InChI is InChI=1S/C19H35O2/c1-2-3-4-5-6-7-8-9-10-11-12-13-14-15-16-17-18-19(20)21/h14-15,17H,2-13,16,18H2,1H3,(H,20,21). The summed E-state index contributed by atoms with van der Waals surface area (Å²) in [7, 11) is 0. The minimum absolute atomic E-state index is 0.169. The maximum Gasteiger partial charge on any atom is 0.303 e. The van der Waals surface area contributed by atoms with Crippen LogP contribution >= 0.6 is 0 Å². The molecular weight excluding hydrogens is 260 g/mol. The third-order valence-corrected chi connectivity index (χ3v) is 3.76. The van der Waals surface area contributed by atoms with Crippen molar-refractivity contribution in [2.45, 2.75) is 96.8 Å². The number of hydrogen-bond acceptors (Lipinski definition) is 1. The average molecular weight is 295 g/mol. The molecule has 21 heavy (non-hydrogen) atoms. The van der Waals surface area contributed by atoms with E-state index in [4.69, 9.17) is 5.11 Å². The Labute approximate surface area is 132 Å². The lowest BCUT2D eigenvalue weighted by atomic mass is 10.1. The molecule has 0 aromatic carbocycles. The Morgan fingerprint density at radius 3 is 1.86 bits per heavy atom. The van der Waals surface area contributed by atoms with E-state index in [-0.39, 0.29) is 6.42 Å². The summed E-state index contributed by atoms with van der Waals surface area (Å²) in [5.74, 6) is -0.742. The lowest BCUT2D eigenvalue weighted by molar-refractivity contribution is -0.136. The normalized spacial score (nSPS) is 11.3. The number of carbonyl (C=O) groups is 1. The molecule has 0 bridgehead atoms. The first-order valence-electron chi connectivity index (χ1n) is 8.95. The van der Waals surface area contributed by atoms with Gasteiger partial charge < -0.3 is 5.11 Å². The average Bonchev–Trinajstić information content (AvgIpc) is 2.46.